The summed E-state index contributed by atoms with van der Waals surface area (Å²) in [5, 5.41) is 10.3. The number of ether oxygens (including phenoxy) is 1. The Bertz CT molecular complexity index is 605. The van der Waals surface area contributed by atoms with Crippen molar-refractivity contribution in [3.8, 4) is 0 Å². The molecule has 4 nitrogen and oxygen atoms in total. The summed E-state index contributed by atoms with van der Waals surface area (Å²) >= 11 is 0. The van der Waals surface area contributed by atoms with Gasteiger partial charge in [-0.25, -0.2) is 8.42 Å². The van der Waals surface area contributed by atoms with Crippen molar-refractivity contribution in [2.45, 2.75) is 55.0 Å². The van der Waals surface area contributed by atoms with Crippen LogP contribution in [0.2, 0.25) is 25.7 Å². The molecule has 0 heterocycles. The fourth-order valence-electron chi connectivity index (χ4n) is 2.56. The number of benzene rings is 1. The van der Waals surface area contributed by atoms with Gasteiger partial charge in [0.25, 0.3) is 0 Å². The van der Waals surface area contributed by atoms with Crippen molar-refractivity contribution in [3.05, 3.63) is 42.5 Å². The van der Waals surface area contributed by atoms with Gasteiger partial charge in [0.05, 0.1) is 11.0 Å². The third-order valence-electron chi connectivity index (χ3n) is 3.50. The number of hydrogen-bond acceptors (Lipinski definition) is 4. The first-order valence-electron chi connectivity index (χ1n) is 7.74. The van der Waals surface area contributed by atoms with E-state index in [9.17, 15) is 13.5 Å². The van der Waals surface area contributed by atoms with E-state index >= 15 is 0 Å². The van der Waals surface area contributed by atoms with Gasteiger partial charge < -0.3 is 9.84 Å². The van der Waals surface area contributed by atoms with Crippen LogP contribution in [0.4, 0.5) is 0 Å². The molecule has 1 aromatic carbocycles. The van der Waals surface area contributed by atoms with E-state index in [0.717, 1.165) is 11.6 Å². The molecule has 0 saturated carbocycles. The normalized spacial score (nSPS) is 15.2. The molecule has 0 aliphatic rings. The number of aliphatic hydroxyl groups is 1. The predicted octanol–water partition coefficient (Wildman–Crippen LogP) is 3.47. The summed E-state index contributed by atoms with van der Waals surface area (Å²) in [6.45, 7) is 10.8. The summed E-state index contributed by atoms with van der Waals surface area (Å²) < 4.78 is 30.3. The summed E-state index contributed by atoms with van der Waals surface area (Å²) in [4.78, 5) is 0.159. The Morgan fingerprint density at radius 3 is 2.30 bits per heavy atom. The fraction of sp³-hybridized carbons (Fsp3) is 0.529. The maximum Gasteiger partial charge on any atom is 0.207 e. The van der Waals surface area contributed by atoms with E-state index in [-0.39, 0.29) is 4.90 Å². The van der Waals surface area contributed by atoms with E-state index in [1.165, 1.54) is 19.2 Å². The van der Waals surface area contributed by atoms with Crippen LogP contribution in [0.15, 0.2) is 47.4 Å². The van der Waals surface area contributed by atoms with E-state index in [4.69, 9.17) is 4.74 Å². The Morgan fingerprint density at radius 1 is 1.26 bits per heavy atom. The van der Waals surface area contributed by atoms with E-state index in [2.05, 4.69) is 26.2 Å². The summed E-state index contributed by atoms with van der Waals surface area (Å²) in [6, 6.07) is 9.06. The Morgan fingerprint density at radius 2 is 1.83 bits per heavy atom. The molecular formula is C17H28O4SSi. The quantitative estimate of drug-likeness (QED) is 0.543. The van der Waals surface area contributed by atoms with Crippen LogP contribution >= 0.6 is 0 Å². The molecule has 0 bridgehead atoms. The second kappa shape index (κ2) is 8.24. The second-order valence-electron chi connectivity index (χ2n) is 7.06. The van der Waals surface area contributed by atoms with Crippen LogP contribution in [0.3, 0.4) is 0 Å². The first kappa shape index (κ1) is 20.1. The number of methoxy groups -OCH3 is 1. The van der Waals surface area contributed by atoms with Crippen molar-refractivity contribution in [1.29, 1.82) is 0 Å². The highest BCUT2D eigenvalue weighted by molar-refractivity contribution is 7.92. The Hall–Kier alpha value is -0.953. The smallest absolute Gasteiger partial charge is 0.207 e. The molecule has 0 unspecified atom stereocenters. The van der Waals surface area contributed by atoms with Crippen LogP contribution in [0.25, 0.3) is 0 Å². The van der Waals surface area contributed by atoms with Crippen molar-refractivity contribution in [1.82, 2.24) is 0 Å². The molecule has 0 aromatic heterocycles. The zero-order valence-corrected chi connectivity index (χ0v) is 16.3. The lowest BCUT2D eigenvalue weighted by atomic mass is 10.1. The molecule has 0 aliphatic carbocycles. The molecule has 0 fully saturated rings. The van der Waals surface area contributed by atoms with Gasteiger partial charge in [0.1, 0.15) is 0 Å². The highest BCUT2D eigenvalue weighted by Gasteiger charge is 2.33. The lowest BCUT2D eigenvalue weighted by molar-refractivity contribution is 0.0316. The summed E-state index contributed by atoms with van der Waals surface area (Å²) in [5.41, 5.74) is -0.195. The van der Waals surface area contributed by atoms with Gasteiger partial charge in [0, 0.05) is 15.2 Å². The van der Waals surface area contributed by atoms with Crippen molar-refractivity contribution in [3.63, 3.8) is 0 Å². The standard InChI is InChI=1S/C17H28O4SSi/c1-14(13-23(3,4)5)11-12-16(18)17(21-2)22(19,20)15-9-7-6-8-10-15/h6-10,16-18H,1,11-13H2,2-5H3/t16-,17+/m1/s1. The van der Waals surface area contributed by atoms with Gasteiger partial charge in [-0.1, -0.05) is 43.4 Å². The number of aliphatic hydroxyl groups excluding tert-OH is 1. The number of allylic oxidation sites excluding steroid dienone is 1. The Kier molecular flexibility index (Phi) is 7.19. The minimum atomic E-state index is -3.73. The average molecular weight is 357 g/mol. The molecule has 0 spiro atoms. The van der Waals surface area contributed by atoms with E-state index in [0.29, 0.717) is 12.8 Å². The van der Waals surface area contributed by atoms with Crippen molar-refractivity contribution < 1.29 is 18.3 Å². The molecular weight excluding hydrogens is 328 g/mol. The summed E-state index contributed by atoms with van der Waals surface area (Å²) in [5.74, 6) is 0. The fourth-order valence-corrected chi connectivity index (χ4v) is 5.85. The molecule has 0 radical (unpaired) electrons. The van der Waals surface area contributed by atoms with Crippen molar-refractivity contribution >= 4 is 17.9 Å². The highest BCUT2D eigenvalue weighted by Crippen LogP contribution is 2.24. The molecule has 0 amide bonds. The third kappa shape index (κ3) is 6.22. The second-order valence-corrected chi connectivity index (χ2v) is 14.6. The van der Waals surface area contributed by atoms with Gasteiger partial charge in [0.2, 0.25) is 9.84 Å². The molecule has 1 aromatic rings. The zero-order valence-electron chi connectivity index (χ0n) is 14.5. The first-order valence-corrected chi connectivity index (χ1v) is 13.0. The molecule has 2 atom stereocenters. The monoisotopic (exact) mass is 356 g/mol. The highest BCUT2D eigenvalue weighted by atomic mass is 32.2. The van der Waals surface area contributed by atoms with Crippen LogP contribution in [0.5, 0.6) is 0 Å². The lowest BCUT2D eigenvalue weighted by Gasteiger charge is -2.23. The minimum Gasteiger partial charge on any atom is -0.389 e. The molecule has 1 rings (SSSR count). The van der Waals surface area contributed by atoms with Gasteiger partial charge in [-0.15, -0.1) is 6.58 Å². The maximum atomic E-state index is 12.6. The number of rotatable bonds is 9. The Labute approximate surface area is 141 Å². The number of sulfone groups is 1. The number of hydrogen-bond donors (Lipinski definition) is 1. The summed E-state index contributed by atoms with van der Waals surface area (Å²) in [6.07, 6.45) is -0.146. The SMILES string of the molecule is C=C(CC[C@@H](O)[C@@H](OC)S(=O)(=O)c1ccccc1)C[Si](C)(C)C. The third-order valence-corrected chi connectivity index (χ3v) is 7.11. The van der Waals surface area contributed by atoms with Crippen LogP contribution in [-0.4, -0.2) is 40.2 Å². The summed E-state index contributed by atoms with van der Waals surface area (Å²) in [7, 11) is -3.66. The van der Waals surface area contributed by atoms with Crippen molar-refractivity contribution in [2.24, 2.45) is 0 Å². The van der Waals surface area contributed by atoms with Crippen molar-refractivity contribution in [2.75, 3.05) is 7.11 Å². The zero-order chi connectivity index (χ0) is 17.7. The molecule has 0 saturated heterocycles. The molecule has 0 aliphatic heterocycles. The minimum absolute atomic E-state index is 0.159. The topological polar surface area (TPSA) is 63.6 Å². The van der Waals surface area contributed by atoms with Crippen LogP contribution < -0.4 is 0 Å². The Balaban J connectivity index is 2.76. The molecule has 6 heteroatoms. The van der Waals surface area contributed by atoms with Crippen LogP contribution in [0, 0.1) is 0 Å². The van der Waals surface area contributed by atoms with E-state index < -0.39 is 29.5 Å². The van der Waals surface area contributed by atoms with Gasteiger partial charge in [-0.3, -0.25) is 0 Å². The van der Waals surface area contributed by atoms with Crippen LogP contribution in [-0.2, 0) is 14.6 Å². The van der Waals surface area contributed by atoms with E-state index in [1.807, 2.05) is 0 Å². The molecule has 1 N–H and O–H groups in total. The van der Waals surface area contributed by atoms with Gasteiger partial charge >= 0.3 is 0 Å². The average Bonchev–Trinajstić information content (AvgIpc) is 2.45. The van der Waals surface area contributed by atoms with E-state index in [1.54, 1.807) is 18.2 Å². The molecule has 23 heavy (non-hydrogen) atoms. The van der Waals surface area contributed by atoms with Gasteiger partial charge in [-0.2, -0.15) is 0 Å². The first-order chi connectivity index (χ1) is 10.6. The largest absolute Gasteiger partial charge is 0.389 e. The maximum absolute atomic E-state index is 12.6. The lowest BCUT2D eigenvalue weighted by Crippen LogP contribution is -2.36. The predicted molar refractivity (Wildman–Crippen MR) is 97.0 cm³/mol. The van der Waals surface area contributed by atoms with Crippen LogP contribution in [0.1, 0.15) is 12.8 Å². The van der Waals surface area contributed by atoms with Gasteiger partial charge in [-0.05, 0) is 31.0 Å². The van der Waals surface area contributed by atoms with Gasteiger partial charge in [0.15, 0.2) is 5.44 Å². The molecule has 130 valence electrons.